The Morgan fingerprint density at radius 1 is 1.26 bits per heavy atom. The van der Waals surface area contributed by atoms with Gasteiger partial charge in [0.1, 0.15) is 6.04 Å². The van der Waals surface area contributed by atoms with Gasteiger partial charge in [0.15, 0.2) is 0 Å². The third-order valence-corrected chi connectivity index (χ3v) is 9.36. The first-order chi connectivity index (χ1) is 10.7. The minimum atomic E-state index is -0.272. The van der Waals surface area contributed by atoms with Gasteiger partial charge in [0.2, 0.25) is 11.8 Å². The van der Waals surface area contributed by atoms with E-state index in [2.05, 4.69) is 33.0 Å². The Morgan fingerprint density at radius 2 is 2.00 bits per heavy atom. The van der Waals surface area contributed by atoms with Gasteiger partial charge in [-0.2, -0.15) is 0 Å². The van der Waals surface area contributed by atoms with Crippen LogP contribution in [0.3, 0.4) is 0 Å². The fourth-order valence-corrected chi connectivity index (χ4v) is 7.14. The molecule has 1 N–H and O–H groups in total. The van der Waals surface area contributed by atoms with Crippen molar-refractivity contribution in [2.75, 3.05) is 5.75 Å². The number of carbonyl (C=O) groups is 2. The quantitative estimate of drug-likeness (QED) is 0.843. The van der Waals surface area contributed by atoms with Crippen molar-refractivity contribution in [2.24, 2.45) is 16.7 Å². The lowest BCUT2D eigenvalue weighted by atomic mass is 9.69. The van der Waals surface area contributed by atoms with Crippen LogP contribution in [0.5, 0.6) is 0 Å². The fraction of sp³-hybridized carbons (Fsp3) is 0.889. The Balaban J connectivity index is 1.51. The van der Waals surface area contributed by atoms with Gasteiger partial charge < -0.3 is 10.2 Å². The average Bonchev–Trinajstić information content (AvgIpc) is 3.09. The normalized spacial score (nSPS) is 47.2. The number of amides is 2. The van der Waals surface area contributed by atoms with E-state index in [9.17, 15) is 9.59 Å². The van der Waals surface area contributed by atoms with Gasteiger partial charge in [0.05, 0.1) is 4.87 Å². The summed E-state index contributed by atoms with van der Waals surface area (Å²) in [6, 6.07) is -0.0100. The van der Waals surface area contributed by atoms with Crippen LogP contribution in [0.15, 0.2) is 0 Å². The molecule has 4 aliphatic rings. The van der Waals surface area contributed by atoms with E-state index in [0.717, 1.165) is 24.5 Å². The summed E-state index contributed by atoms with van der Waals surface area (Å²) in [4.78, 5) is 26.9. The predicted octanol–water partition coefficient (Wildman–Crippen LogP) is 2.77. The van der Waals surface area contributed by atoms with Crippen LogP contribution in [-0.4, -0.2) is 39.4 Å². The van der Waals surface area contributed by atoms with Crippen molar-refractivity contribution < 1.29 is 9.59 Å². The summed E-state index contributed by atoms with van der Waals surface area (Å²) in [5.74, 6) is 1.68. The molecule has 0 radical (unpaired) electrons. The molecule has 5 heteroatoms. The van der Waals surface area contributed by atoms with Crippen molar-refractivity contribution in [1.29, 1.82) is 0 Å². The third kappa shape index (κ3) is 1.92. The van der Waals surface area contributed by atoms with Gasteiger partial charge in [0.25, 0.3) is 0 Å². The lowest BCUT2D eigenvalue weighted by Gasteiger charge is -2.40. The molecule has 4 nitrogen and oxygen atoms in total. The average molecular weight is 337 g/mol. The van der Waals surface area contributed by atoms with Gasteiger partial charge in [-0.1, -0.05) is 20.8 Å². The molecule has 2 saturated heterocycles. The largest absolute Gasteiger partial charge is 0.351 e. The Labute approximate surface area is 143 Å². The zero-order valence-electron chi connectivity index (χ0n) is 14.6. The molecule has 2 heterocycles. The second-order valence-corrected chi connectivity index (χ2v) is 10.4. The van der Waals surface area contributed by atoms with Crippen LogP contribution in [-0.2, 0) is 9.59 Å². The van der Waals surface area contributed by atoms with Crippen LogP contribution in [0.4, 0.5) is 0 Å². The Bertz CT molecular complexity index is 577. The highest BCUT2D eigenvalue weighted by Gasteiger charge is 2.62. The van der Waals surface area contributed by atoms with E-state index in [1.54, 1.807) is 11.8 Å². The topological polar surface area (TPSA) is 49.4 Å². The summed E-state index contributed by atoms with van der Waals surface area (Å²) in [7, 11) is 0. The van der Waals surface area contributed by atoms with Crippen molar-refractivity contribution in [2.45, 2.75) is 76.8 Å². The van der Waals surface area contributed by atoms with Crippen molar-refractivity contribution in [1.82, 2.24) is 10.2 Å². The summed E-state index contributed by atoms with van der Waals surface area (Å²) in [5.41, 5.74) is 0.491. The third-order valence-electron chi connectivity index (χ3n) is 7.86. The predicted molar refractivity (Wildman–Crippen MR) is 91.9 cm³/mol. The van der Waals surface area contributed by atoms with E-state index >= 15 is 0 Å². The molecular formula is C18H28N2O2S. The Hall–Kier alpha value is -0.710. The number of rotatable bonds is 2. The van der Waals surface area contributed by atoms with Crippen molar-refractivity contribution in [3.63, 3.8) is 0 Å². The Kier molecular flexibility index (Phi) is 3.21. The van der Waals surface area contributed by atoms with Crippen LogP contribution in [0.1, 0.15) is 59.8 Å². The van der Waals surface area contributed by atoms with E-state index in [1.807, 2.05) is 4.90 Å². The zero-order valence-corrected chi connectivity index (χ0v) is 15.5. The van der Waals surface area contributed by atoms with E-state index in [1.165, 1.54) is 12.8 Å². The number of nitrogens with zero attached hydrogens (tertiary/aromatic N) is 1. The SMILES string of the molecule is CC12CCC(=O)N1C(C(=O)NC1CC3CCC1(C)C3(C)C)CS2. The van der Waals surface area contributed by atoms with E-state index < -0.39 is 0 Å². The zero-order chi connectivity index (χ0) is 16.6. The molecule has 2 saturated carbocycles. The monoisotopic (exact) mass is 336 g/mol. The Morgan fingerprint density at radius 3 is 2.61 bits per heavy atom. The maximum absolute atomic E-state index is 12.9. The highest BCUT2D eigenvalue weighted by molar-refractivity contribution is 8.01. The molecular weight excluding hydrogens is 308 g/mol. The molecule has 2 bridgehead atoms. The summed E-state index contributed by atoms with van der Waals surface area (Å²) in [6.07, 6.45) is 5.05. The summed E-state index contributed by atoms with van der Waals surface area (Å²) < 4.78 is 0. The van der Waals surface area contributed by atoms with Gasteiger partial charge >= 0.3 is 0 Å². The molecule has 5 unspecified atom stereocenters. The highest BCUT2D eigenvalue weighted by atomic mass is 32.2. The molecule has 5 atom stereocenters. The second-order valence-electron chi connectivity index (χ2n) is 8.94. The molecule has 128 valence electrons. The molecule has 0 aromatic carbocycles. The minimum absolute atomic E-state index is 0.0750. The summed E-state index contributed by atoms with van der Waals surface area (Å²) >= 11 is 1.77. The van der Waals surface area contributed by atoms with Gasteiger partial charge in [-0.3, -0.25) is 9.59 Å². The maximum atomic E-state index is 12.9. The van der Waals surface area contributed by atoms with Gasteiger partial charge in [0, 0.05) is 18.2 Å². The van der Waals surface area contributed by atoms with Crippen molar-refractivity contribution in [3.8, 4) is 0 Å². The first-order valence-electron chi connectivity index (χ1n) is 8.95. The second kappa shape index (κ2) is 4.68. The standard InChI is InChI=1S/C18H28N2O2S/c1-16(2)11-5-7-17(16,3)13(9-11)19-15(22)12-10-23-18(4)8-6-14(21)20(12)18/h11-13H,5-10H2,1-4H3,(H,19,22). The lowest BCUT2D eigenvalue weighted by molar-refractivity contribution is -0.138. The van der Waals surface area contributed by atoms with E-state index in [4.69, 9.17) is 0 Å². The molecule has 0 aromatic heterocycles. The molecule has 2 aliphatic carbocycles. The highest BCUT2D eigenvalue weighted by Crippen LogP contribution is 2.65. The number of hydrogen-bond acceptors (Lipinski definition) is 3. The molecule has 4 fully saturated rings. The number of hydrogen-bond donors (Lipinski definition) is 1. The molecule has 0 aromatic rings. The fourth-order valence-electron chi connectivity index (χ4n) is 5.70. The number of carbonyl (C=O) groups excluding carboxylic acids is 2. The molecule has 23 heavy (non-hydrogen) atoms. The van der Waals surface area contributed by atoms with Crippen LogP contribution in [0, 0.1) is 16.7 Å². The van der Waals surface area contributed by atoms with Gasteiger partial charge in [-0.25, -0.2) is 0 Å². The van der Waals surface area contributed by atoms with Crippen LogP contribution >= 0.6 is 11.8 Å². The molecule has 2 amide bonds. The van der Waals surface area contributed by atoms with Crippen LogP contribution in [0.2, 0.25) is 0 Å². The molecule has 4 rings (SSSR count). The first kappa shape index (κ1) is 15.8. The van der Waals surface area contributed by atoms with E-state index in [0.29, 0.717) is 11.8 Å². The number of fused-ring (bicyclic) bond motifs is 3. The molecule has 0 spiro atoms. The summed E-state index contributed by atoms with van der Waals surface area (Å²) in [5, 5.41) is 3.35. The number of thioether (sulfide) groups is 1. The minimum Gasteiger partial charge on any atom is -0.351 e. The summed E-state index contributed by atoms with van der Waals surface area (Å²) in [6.45, 7) is 9.18. The van der Waals surface area contributed by atoms with Gasteiger partial charge in [-0.05, 0) is 49.4 Å². The van der Waals surface area contributed by atoms with E-state index in [-0.39, 0.29) is 34.2 Å². The van der Waals surface area contributed by atoms with Crippen LogP contribution < -0.4 is 5.32 Å². The first-order valence-corrected chi connectivity index (χ1v) is 9.94. The number of nitrogens with one attached hydrogen (secondary N) is 1. The van der Waals surface area contributed by atoms with Gasteiger partial charge in [-0.15, -0.1) is 11.8 Å². The van der Waals surface area contributed by atoms with Crippen molar-refractivity contribution in [3.05, 3.63) is 0 Å². The molecule has 2 aliphatic heterocycles. The lowest BCUT2D eigenvalue weighted by Crippen LogP contribution is -2.55. The van der Waals surface area contributed by atoms with Crippen LogP contribution in [0.25, 0.3) is 0 Å². The maximum Gasteiger partial charge on any atom is 0.243 e. The van der Waals surface area contributed by atoms with Crippen molar-refractivity contribution >= 4 is 23.6 Å². The smallest absolute Gasteiger partial charge is 0.243 e.